The number of nitrogens with one attached hydrogen (secondary N) is 1. The molecule has 19 nitrogen and oxygen atoms in total. The van der Waals surface area contributed by atoms with Crippen molar-refractivity contribution in [1.29, 1.82) is 0 Å². The van der Waals surface area contributed by atoms with Gasteiger partial charge in [0.15, 0.2) is 18.9 Å². The normalized spacial score (nSPS) is 26.8. The van der Waals surface area contributed by atoms with E-state index in [-0.39, 0.29) is 18.9 Å². The fraction of sp³-hybridized carbons (Fsp3) is 0.887. The highest BCUT2D eigenvalue weighted by molar-refractivity contribution is 5.76. The molecular formula is C80H147NO18. The van der Waals surface area contributed by atoms with Crippen molar-refractivity contribution in [3.05, 3.63) is 48.6 Å². The minimum atomic E-state index is -1.97. The summed E-state index contributed by atoms with van der Waals surface area (Å²) in [4.78, 5) is 13.5. The van der Waals surface area contributed by atoms with Crippen molar-refractivity contribution < 1.29 is 89.4 Å². The van der Waals surface area contributed by atoms with Crippen LogP contribution in [0.4, 0.5) is 0 Å². The van der Waals surface area contributed by atoms with E-state index in [4.69, 9.17) is 28.4 Å². The minimum Gasteiger partial charge on any atom is -0.394 e. The Morgan fingerprint density at radius 3 is 1.09 bits per heavy atom. The van der Waals surface area contributed by atoms with Gasteiger partial charge in [0.2, 0.25) is 5.91 Å². The molecule has 0 aromatic rings. The Kier molecular flexibility index (Phi) is 56.0. The molecule has 3 fully saturated rings. The van der Waals surface area contributed by atoms with Crippen LogP contribution in [0, 0.1) is 0 Å². The van der Waals surface area contributed by atoms with Gasteiger partial charge < -0.3 is 89.9 Å². The zero-order valence-corrected chi connectivity index (χ0v) is 62.0. The first-order chi connectivity index (χ1) is 48.3. The number of unbranched alkanes of at least 4 members (excludes halogenated alkanes) is 40. The molecule has 12 N–H and O–H groups in total. The Morgan fingerprint density at radius 1 is 0.374 bits per heavy atom. The van der Waals surface area contributed by atoms with Gasteiger partial charge in [-0.3, -0.25) is 4.79 Å². The van der Waals surface area contributed by atoms with Crippen molar-refractivity contribution in [3.8, 4) is 0 Å². The van der Waals surface area contributed by atoms with Crippen LogP contribution in [0.1, 0.15) is 322 Å². The summed E-state index contributed by atoms with van der Waals surface area (Å²) in [6.07, 6.45) is 49.2. The summed E-state index contributed by atoms with van der Waals surface area (Å²) in [5.41, 5.74) is 0. The summed E-state index contributed by atoms with van der Waals surface area (Å²) in [5, 5.41) is 121. The summed E-state index contributed by atoms with van der Waals surface area (Å²) in [7, 11) is 0. The van der Waals surface area contributed by atoms with Crippen LogP contribution in [0.5, 0.6) is 0 Å². The molecule has 0 aromatic carbocycles. The lowest BCUT2D eigenvalue weighted by Crippen LogP contribution is -2.66. The van der Waals surface area contributed by atoms with Crippen molar-refractivity contribution in [2.75, 3.05) is 26.4 Å². The Labute approximate surface area is 599 Å². The van der Waals surface area contributed by atoms with Gasteiger partial charge in [0.05, 0.1) is 38.6 Å². The third-order valence-electron chi connectivity index (χ3n) is 20.2. The highest BCUT2D eigenvalue weighted by Crippen LogP contribution is 2.33. The summed E-state index contributed by atoms with van der Waals surface area (Å²) in [5.74, 6) is -0.237. The number of ether oxygens (including phenoxy) is 6. The first kappa shape index (κ1) is 91.0. The predicted octanol–water partition coefficient (Wildman–Crippen LogP) is 13.3. The van der Waals surface area contributed by atoms with Crippen molar-refractivity contribution in [2.45, 2.75) is 426 Å². The molecule has 0 bridgehead atoms. The maximum Gasteiger partial charge on any atom is 0.220 e. The SMILES string of the molecule is CC/C=C\C/C=C\C/C=C\C/C=C\CCCCCCCCCCCCCCCCCCCCCCCCC(=O)NC(COC1OC(CO)C(OC2OC(CO)C(OC3OC(CO)C(O)C(O)C3O)C(O)C2O)C(O)C1O)C(O)CCCCCCCCCCCCCCCCCCCCC. The monoisotopic (exact) mass is 1410 g/mol. The molecule has 19 heteroatoms. The molecule has 3 aliphatic rings. The Balaban J connectivity index is 1.33. The van der Waals surface area contributed by atoms with Gasteiger partial charge in [-0.25, -0.2) is 0 Å². The zero-order valence-electron chi connectivity index (χ0n) is 62.0. The molecule has 580 valence electrons. The molecule has 99 heavy (non-hydrogen) atoms. The number of carbonyl (C=O) groups excluding carboxylic acids is 1. The van der Waals surface area contributed by atoms with Crippen LogP contribution in [0.15, 0.2) is 48.6 Å². The molecule has 3 aliphatic heterocycles. The average Bonchev–Trinajstić information content (AvgIpc) is 0.784. The van der Waals surface area contributed by atoms with Crippen LogP contribution >= 0.6 is 0 Å². The third kappa shape index (κ3) is 41.3. The molecule has 0 aliphatic carbocycles. The molecule has 17 unspecified atom stereocenters. The maximum absolute atomic E-state index is 13.5. The Morgan fingerprint density at radius 2 is 0.697 bits per heavy atom. The van der Waals surface area contributed by atoms with Crippen LogP contribution in [0.3, 0.4) is 0 Å². The number of carbonyl (C=O) groups is 1. The summed E-state index contributed by atoms with van der Waals surface area (Å²) in [6, 6.07) is -0.887. The molecule has 3 saturated heterocycles. The molecule has 0 radical (unpaired) electrons. The zero-order chi connectivity index (χ0) is 71.8. The van der Waals surface area contributed by atoms with Gasteiger partial charge in [-0.2, -0.15) is 0 Å². The van der Waals surface area contributed by atoms with Gasteiger partial charge in [0.25, 0.3) is 0 Å². The fourth-order valence-electron chi connectivity index (χ4n) is 13.7. The van der Waals surface area contributed by atoms with Crippen LogP contribution in [-0.4, -0.2) is 193 Å². The van der Waals surface area contributed by atoms with E-state index in [1.807, 2.05) is 0 Å². The molecule has 0 aromatic heterocycles. The highest BCUT2D eigenvalue weighted by Gasteiger charge is 2.54. The number of amides is 1. The smallest absolute Gasteiger partial charge is 0.220 e. The van der Waals surface area contributed by atoms with Crippen molar-refractivity contribution in [1.82, 2.24) is 5.32 Å². The molecule has 1 amide bonds. The van der Waals surface area contributed by atoms with Gasteiger partial charge >= 0.3 is 0 Å². The Hall–Kier alpha value is -2.25. The third-order valence-corrected chi connectivity index (χ3v) is 20.2. The lowest BCUT2D eigenvalue weighted by atomic mass is 9.96. The van der Waals surface area contributed by atoms with E-state index in [9.17, 15) is 61.0 Å². The van der Waals surface area contributed by atoms with Gasteiger partial charge in [-0.05, 0) is 51.4 Å². The number of aliphatic hydroxyl groups excluding tert-OH is 11. The standard InChI is InChI=1S/C80H147NO18/c1-3-5-7-9-11-13-15-17-19-21-23-24-25-26-27-28-29-30-31-32-33-34-35-36-37-38-40-42-44-46-48-50-52-54-56-58-68(86)81-63(64(85)57-55-53-51-49-47-45-43-41-39-22-20-18-16-14-12-10-8-6-4-2)62-94-78-74(92)71(89)76(66(60-83)96-78)99-80-75(93)72(90)77(67(61-84)97-80)98-79-73(91)70(88)69(87)65(59-82)95-79/h5,7,11,13,17,19,23-24,63-67,69-80,82-85,87-93H,3-4,6,8-10,12,14-16,18,20-22,25-62H2,1-2H3,(H,81,86)/b7-5-,13-11-,19-17-,24-23-. The first-order valence-corrected chi connectivity index (χ1v) is 40.4. The van der Waals surface area contributed by atoms with Crippen LogP contribution in [-0.2, 0) is 33.2 Å². The van der Waals surface area contributed by atoms with Crippen LogP contribution in [0.2, 0.25) is 0 Å². The summed E-state index contributed by atoms with van der Waals surface area (Å²) >= 11 is 0. The first-order valence-electron chi connectivity index (χ1n) is 40.4. The van der Waals surface area contributed by atoms with Gasteiger partial charge in [0, 0.05) is 6.42 Å². The topological polar surface area (TPSA) is 307 Å². The van der Waals surface area contributed by atoms with E-state index in [1.54, 1.807) is 0 Å². The number of hydrogen-bond donors (Lipinski definition) is 12. The largest absolute Gasteiger partial charge is 0.394 e. The van der Waals surface area contributed by atoms with E-state index in [1.165, 1.54) is 218 Å². The van der Waals surface area contributed by atoms with Gasteiger partial charge in [-0.1, -0.05) is 313 Å². The second kappa shape index (κ2) is 61.0. The lowest BCUT2D eigenvalue weighted by molar-refractivity contribution is -0.379. The molecule has 3 rings (SSSR count). The highest BCUT2D eigenvalue weighted by atomic mass is 16.8. The van der Waals surface area contributed by atoms with Crippen molar-refractivity contribution >= 4 is 5.91 Å². The van der Waals surface area contributed by atoms with E-state index in [0.29, 0.717) is 12.8 Å². The molecule has 3 heterocycles. The summed E-state index contributed by atoms with van der Waals surface area (Å²) < 4.78 is 34.5. The van der Waals surface area contributed by atoms with Crippen LogP contribution in [0.25, 0.3) is 0 Å². The predicted molar refractivity (Wildman–Crippen MR) is 392 cm³/mol. The second-order valence-corrected chi connectivity index (χ2v) is 28.9. The van der Waals surface area contributed by atoms with Gasteiger partial charge in [-0.15, -0.1) is 0 Å². The van der Waals surface area contributed by atoms with Gasteiger partial charge in [0.1, 0.15) is 73.2 Å². The van der Waals surface area contributed by atoms with Crippen molar-refractivity contribution in [2.24, 2.45) is 0 Å². The number of rotatable bonds is 64. The number of allylic oxidation sites excluding steroid dienone is 8. The average molecular weight is 1410 g/mol. The number of hydrogen-bond acceptors (Lipinski definition) is 18. The Bertz CT molecular complexity index is 1980. The fourth-order valence-corrected chi connectivity index (χ4v) is 13.7. The van der Waals surface area contributed by atoms with Crippen molar-refractivity contribution in [3.63, 3.8) is 0 Å². The molecular weight excluding hydrogens is 1260 g/mol. The molecule has 0 saturated carbocycles. The molecule has 17 atom stereocenters. The number of aliphatic hydroxyl groups is 11. The van der Waals surface area contributed by atoms with E-state index in [0.717, 1.165) is 70.6 Å². The van der Waals surface area contributed by atoms with E-state index in [2.05, 4.69) is 67.8 Å². The minimum absolute atomic E-state index is 0.237. The summed E-state index contributed by atoms with van der Waals surface area (Å²) in [6.45, 7) is 1.73. The quantitative estimate of drug-likeness (QED) is 0.0199. The second-order valence-electron chi connectivity index (χ2n) is 28.9. The lowest BCUT2D eigenvalue weighted by Gasteiger charge is -2.48. The van der Waals surface area contributed by atoms with Crippen LogP contribution < -0.4 is 5.32 Å². The van der Waals surface area contributed by atoms with E-state index >= 15 is 0 Å². The maximum atomic E-state index is 13.5. The van der Waals surface area contributed by atoms with E-state index < -0.39 is 124 Å². The molecule has 0 spiro atoms.